The molecule has 1 aromatic heterocycles. The molecule has 19 heavy (non-hydrogen) atoms. The van der Waals surface area contributed by atoms with Crippen molar-refractivity contribution in [1.29, 1.82) is 0 Å². The van der Waals surface area contributed by atoms with Crippen molar-refractivity contribution in [3.63, 3.8) is 0 Å². The highest BCUT2D eigenvalue weighted by molar-refractivity contribution is 5.83. The number of hydrogen-bond acceptors (Lipinski definition) is 2. The van der Waals surface area contributed by atoms with Gasteiger partial charge in [0, 0.05) is 23.6 Å². The van der Waals surface area contributed by atoms with Crippen LogP contribution in [0.2, 0.25) is 0 Å². The van der Waals surface area contributed by atoms with Crippen LogP contribution in [-0.4, -0.2) is 35.5 Å². The van der Waals surface area contributed by atoms with Crippen molar-refractivity contribution in [2.24, 2.45) is 0 Å². The molecule has 0 fully saturated rings. The van der Waals surface area contributed by atoms with Crippen molar-refractivity contribution in [3.8, 4) is 0 Å². The first-order valence-corrected chi connectivity index (χ1v) is 5.99. The topological polar surface area (TPSA) is 48.0 Å². The SMILES string of the molecule is O[C@H](CNCCc1c[nH]c2ccccc12)C(F)(F)F. The average Bonchev–Trinajstić information content (AvgIpc) is 2.76. The molecule has 0 radical (unpaired) electrons. The fraction of sp³-hybridized carbons (Fsp3) is 0.385. The summed E-state index contributed by atoms with van der Waals surface area (Å²) >= 11 is 0. The third-order valence-corrected chi connectivity index (χ3v) is 2.96. The Kier molecular flexibility index (Phi) is 4.11. The lowest BCUT2D eigenvalue weighted by Crippen LogP contribution is -2.38. The third kappa shape index (κ3) is 3.48. The largest absolute Gasteiger partial charge is 0.415 e. The molecular weight excluding hydrogens is 257 g/mol. The normalized spacial score (nSPS) is 13.9. The first-order chi connectivity index (χ1) is 8.98. The summed E-state index contributed by atoms with van der Waals surface area (Å²) in [7, 11) is 0. The standard InChI is InChI=1S/C13H15F3N2O/c14-13(15,16)12(19)8-17-6-5-9-7-18-11-4-2-1-3-10(9)11/h1-4,7,12,17-19H,5-6,8H2/t12-/m1/s1. The molecule has 104 valence electrons. The summed E-state index contributed by atoms with van der Waals surface area (Å²) in [6.07, 6.45) is -4.41. The smallest absolute Gasteiger partial charge is 0.382 e. The number of aromatic amines is 1. The second-order valence-corrected chi connectivity index (χ2v) is 4.37. The average molecular weight is 272 g/mol. The zero-order valence-corrected chi connectivity index (χ0v) is 10.2. The minimum absolute atomic E-state index is 0.384. The molecule has 3 N–H and O–H groups in total. The zero-order chi connectivity index (χ0) is 13.9. The van der Waals surface area contributed by atoms with Crippen LogP contribution < -0.4 is 5.32 Å². The molecule has 0 aliphatic carbocycles. The highest BCUT2D eigenvalue weighted by atomic mass is 19.4. The van der Waals surface area contributed by atoms with Gasteiger partial charge in [-0.15, -0.1) is 0 Å². The Morgan fingerprint density at radius 3 is 2.74 bits per heavy atom. The molecule has 2 aromatic rings. The number of nitrogens with one attached hydrogen (secondary N) is 2. The van der Waals surface area contributed by atoms with Crippen molar-refractivity contribution >= 4 is 10.9 Å². The molecule has 0 aliphatic heterocycles. The highest BCUT2D eigenvalue weighted by Gasteiger charge is 2.37. The number of benzene rings is 1. The maximum Gasteiger partial charge on any atom is 0.415 e. The first kappa shape index (κ1) is 13.9. The molecule has 0 bridgehead atoms. The minimum Gasteiger partial charge on any atom is -0.382 e. The summed E-state index contributed by atoms with van der Waals surface area (Å²) in [5.74, 6) is 0. The third-order valence-electron chi connectivity index (χ3n) is 2.96. The lowest BCUT2D eigenvalue weighted by Gasteiger charge is -2.14. The van der Waals surface area contributed by atoms with Crippen LogP contribution in [-0.2, 0) is 6.42 Å². The summed E-state index contributed by atoms with van der Waals surface area (Å²) < 4.78 is 36.2. The molecule has 0 unspecified atom stereocenters. The number of rotatable bonds is 5. The van der Waals surface area contributed by atoms with Crippen LogP contribution in [0.3, 0.4) is 0 Å². The number of fused-ring (bicyclic) bond motifs is 1. The predicted molar refractivity (Wildman–Crippen MR) is 66.9 cm³/mol. The number of hydrogen-bond donors (Lipinski definition) is 3. The summed E-state index contributed by atoms with van der Waals surface area (Å²) in [6.45, 7) is -0.0964. The van der Waals surface area contributed by atoms with Crippen LogP contribution >= 0.6 is 0 Å². The molecule has 0 amide bonds. The van der Waals surface area contributed by atoms with E-state index in [1.165, 1.54) is 0 Å². The number of H-pyrrole nitrogens is 1. The van der Waals surface area contributed by atoms with Gasteiger partial charge in [0.2, 0.25) is 0 Å². The van der Waals surface area contributed by atoms with Crippen LogP contribution in [0.15, 0.2) is 30.5 Å². The van der Waals surface area contributed by atoms with Gasteiger partial charge in [-0.25, -0.2) is 0 Å². The van der Waals surface area contributed by atoms with Gasteiger partial charge in [-0.2, -0.15) is 13.2 Å². The number of aliphatic hydroxyl groups is 1. The Bertz CT molecular complexity index is 536. The van der Waals surface area contributed by atoms with E-state index in [0.29, 0.717) is 13.0 Å². The Hall–Kier alpha value is -1.53. The van der Waals surface area contributed by atoms with Gasteiger partial charge in [-0.3, -0.25) is 0 Å². The molecule has 1 heterocycles. The van der Waals surface area contributed by atoms with Crippen LogP contribution in [0.25, 0.3) is 10.9 Å². The lowest BCUT2D eigenvalue weighted by molar-refractivity contribution is -0.201. The van der Waals surface area contributed by atoms with Crippen molar-refractivity contribution in [2.75, 3.05) is 13.1 Å². The van der Waals surface area contributed by atoms with Crippen molar-refractivity contribution in [1.82, 2.24) is 10.3 Å². The molecule has 0 saturated carbocycles. The molecule has 2 rings (SSSR count). The fourth-order valence-corrected chi connectivity index (χ4v) is 1.92. The predicted octanol–water partition coefficient (Wildman–Crippen LogP) is 2.22. The van der Waals surface area contributed by atoms with Gasteiger partial charge in [0.25, 0.3) is 0 Å². The Balaban J connectivity index is 1.83. The summed E-state index contributed by atoms with van der Waals surface area (Å²) in [6, 6.07) is 7.74. The number of para-hydroxylation sites is 1. The zero-order valence-electron chi connectivity index (χ0n) is 10.2. The summed E-state index contributed by atoms with van der Waals surface area (Å²) in [5, 5.41) is 12.5. The number of halogens is 3. The van der Waals surface area contributed by atoms with Gasteiger partial charge in [0.1, 0.15) is 0 Å². The van der Waals surface area contributed by atoms with E-state index in [-0.39, 0.29) is 0 Å². The van der Waals surface area contributed by atoms with Crippen LogP contribution in [0.5, 0.6) is 0 Å². The Morgan fingerprint density at radius 2 is 2.00 bits per heavy atom. The molecule has 0 spiro atoms. The molecular formula is C13H15F3N2O. The summed E-state index contributed by atoms with van der Waals surface area (Å²) in [5.41, 5.74) is 2.05. The number of aromatic nitrogens is 1. The molecule has 0 saturated heterocycles. The number of alkyl halides is 3. The van der Waals surface area contributed by atoms with Crippen LogP contribution in [0, 0.1) is 0 Å². The Labute approximate surface area is 108 Å². The molecule has 0 aliphatic rings. The minimum atomic E-state index is -4.56. The van der Waals surface area contributed by atoms with Crippen molar-refractivity contribution in [2.45, 2.75) is 18.7 Å². The molecule has 3 nitrogen and oxygen atoms in total. The molecule has 6 heteroatoms. The lowest BCUT2D eigenvalue weighted by atomic mass is 10.1. The van der Waals surface area contributed by atoms with E-state index in [9.17, 15) is 13.2 Å². The van der Waals surface area contributed by atoms with Gasteiger partial charge < -0.3 is 15.4 Å². The first-order valence-electron chi connectivity index (χ1n) is 5.99. The van der Waals surface area contributed by atoms with Crippen LogP contribution in [0.4, 0.5) is 13.2 Å². The van der Waals surface area contributed by atoms with Gasteiger partial charge >= 0.3 is 6.18 Å². The van der Waals surface area contributed by atoms with Crippen molar-refractivity contribution in [3.05, 3.63) is 36.0 Å². The van der Waals surface area contributed by atoms with Gasteiger partial charge in [-0.05, 0) is 24.6 Å². The summed E-state index contributed by atoms with van der Waals surface area (Å²) in [4.78, 5) is 3.10. The highest BCUT2D eigenvalue weighted by Crippen LogP contribution is 2.19. The van der Waals surface area contributed by atoms with Gasteiger partial charge in [0.15, 0.2) is 6.10 Å². The van der Waals surface area contributed by atoms with E-state index >= 15 is 0 Å². The second kappa shape index (κ2) is 5.63. The molecule has 1 aromatic carbocycles. The Morgan fingerprint density at radius 1 is 1.26 bits per heavy atom. The molecule has 1 atom stereocenters. The number of aliphatic hydroxyl groups excluding tert-OH is 1. The van der Waals surface area contributed by atoms with Crippen LogP contribution in [0.1, 0.15) is 5.56 Å². The van der Waals surface area contributed by atoms with Gasteiger partial charge in [-0.1, -0.05) is 18.2 Å². The van der Waals surface area contributed by atoms with E-state index < -0.39 is 18.8 Å². The quantitative estimate of drug-likeness (QED) is 0.731. The second-order valence-electron chi connectivity index (χ2n) is 4.37. The fourth-order valence-electron chi connectivity index (χ4n) is 1.92. The monoisotopic (exact) mass is 272 g/mol. The van der Waals surface area contributed by atoms with E-state index in [4.69, 9.17) is 5.11 Å². The van der Waals surface area contributed by atoms with Crippen molar-refractivity contribution < 1.29 is 18.3 Å². The van der Waals surface area contributed by atoms with Gasteiger partial charge in [0.05, 0.1) is 0 Å². The van der Waals surface area contributed by atoms with E-state index in [0.717, 1.165) is 16.5 Å². The maximum absolute atomic E-state index is 12.1. The maximum atomic E-state index is 12.1. The van der Waals surface area contributed by atoms with E-state index in [1.807, 2.05) is 30.5 Å². The van der Waals surface area contributed by atoms with E-state index in [1.54, 1.807) is 0 Å². The van der Waals surface area contributed by atoms with E-state index in [2.05, 4.69) is 10.3 Å².